The van der Waals surface area contributed by atoms with Gasteiger partial charge < -0.3 is 30.4 Å². The van der Waals surface area contributed by atoms with Crippen molar-refractivity contribution >= 4 is 17.8 Å². The van der Waals surface area contributed by atoms with E-state index in [4.69, 9.17) is 19.9 Å². The van der Waals surface area contributed by atoms with Crippen LogP contribution in [0.5, 0.6) is 0 Å². The van der Waals surface area contributed by atoms with Crippen molar-refractivity contribution in [2.24, 2.45) is 0 Å². The molecule has 0 amide bonds. The number of alkyl halides is 2. The summed E-state index contributed by atoms with van der Waals surface area (Å²) >= 11 is 0. The molecule has 0 aromatic carbocycles. The molecule has 0 aliphatic carbocycles. The number of ether oxygens (including phenoxy) is 3. The third kappa shape index (κ3) is 6.67. The summed E-state index contributed by atoms with van der Waals surface area (Å²) in [7, 11) is 0. The zero-order chi connectivity index (χ0) is 23.4. The molecule has 0 bridgehead atoms. The van der Waals surface area contributed by atoms with Crippen LogP contribution in [0.1, 0.15) is 33.4 Å². The van der Waals surface area contributed by atoms with E-state index in [1.54, 1.807) is 0 Å². The number of carbonyl (C=O) groups excluding carboxylic acids is 2. The van der Waals surface area contributed by atoms with E-state index in [0.717, 1.165) is 12.3 Å². The third-order valence-electron chi connectivity index (χ3n) is 4.23. The van der Waals surface area contributed by atoms with Gasteiger partial charge in [0.25, 0.3) is 0 Å². The van der Waals surface area contributed by atoms with Gasteiger partial charge in [0.1, 0.15) is 18.5 Å². The summed E-state index contributed by atoms with van der Waals surface area (Å²) in [4.78, 5) is 38.5. The van der Waals surface area contributed by atoms with Crippen molar-refractivity contribution in [3.63, 3.8) is 0 Å². The Kier molecular flexibility index (Phi) is 7.68. The van der Waals surface area contributed by atoms with E-state index in [2.05, 4.69) is 10.3 Å². The van der Waals surface area contributed by atoms with Gasteiger partial charge in [-0.3, -0.25) is 9.36 Å². The number of halogens is 2. The van der Waals surface area contributed by atoms with Gasteiger partial charge in [0.05, 0.1) is 6.42 Å². The van der Waals surface area contributed by atoms with Crippen LogP contribution in [0.3, 0.4) is 0 Å². The molecule has 2 rings (SSSR count). The molecule has 11 nitrogen and oxygen atoms in total. The summed E-state index contributed by atoms with van der Waals surface area (Å²) in [6.45, 7) is 4.64. The van der Waals surface area contributed by atoms with Crippen LogP contribution in [0.25, 0.3) is 0 Å². The quantitative estimate of drug-likeness (QED) is 0.447. The summed E-state index contributed by atoms with van der Waals surface area (Å²) in [5.74, 6) is -5.69. The highest BCUT2D eigenvalue weighted by atomic mass is 19.3. The zero-order valence-corrected chi connectivity index (χ0v) is 17.3. The summed E-state index contributed by atoms with van der Waals surface area (Å²) in [6, 6.07) is 1.12. The molecule has 1 aliphatic heterocycles. The highest BCUT2D eigenvalue weighted by Crippen LogP contribution is 2.42. The topological polar surface area (TPSA) is 155 Å². The number of nitrogens with one attached hydrogen (secondary N) is 1. The third-order valence-corrected chi connectivity index (χ3v) is 4.23. The molecule has 4 N–H and O–H groups in total. The number of nitrogens with two attached hydrogens (primary N) is 1. The van der Waals surface area contributed by atoms with Crippen molar-refractivity contribution in [1.29, 1.82) is 0 Å². The van der Waals surface area contributed by atoms with Gasteiger partial charge in [-0.2, -0.15) is 13.8 Å². The summed E-state index contributed by atoms with van der Waals surface area (Å²) in [5.41, 5.74) is 4.05. The Morgan fingerprint density at radius 1 is 1.35 bits per heavy atom. The number of nitrogens with zero attached hydrogens (tertiary/aromatic N) is 2. The van der Waals surface area contributed by atoms with Gasteiger partial charge in [-0.25, -0.2) is 9.59 Å². The predicted molar refractivity (Wildman–Crippen MR) is 102 cm³/mol. The Morgan fingerprint density at radius 3 is 2.65 bits per heavy atom. The number of aliphatic hydroxyl groups is 1. The van der Waals surface area contributed by atoms with Gasteiger partial charge >= 0.3 is 23.6 Å². The van der Waals surface area contributed by atoms with E-state index in [9.17, 15) is 28.3 Å². The fourth-order valence-electron chi connectivity index (χ4n) is 2.68. The number of nitrogen functional groups attached to an aromatic ring is 1. The van der Waals surface area contributed by atoms with Gasteiger partial charge in [-0.15, -0.1) is 0 Å². The van der Waals surface area contributed by atoms with Gasteiger partial charge in [0.2, 0.25) is 6.23 Å². The lowest BCUT2D eigenvalue weighted by atomic mass is 10.1. The van der Waals surface area contributed by atoms with E-state index < -0.39 is 55.2 Å². The molecule has 0 spiro atoms. The molecule has 31 heavy (non-hydrogen) atoms. The normalized spacial score (nSPS) is 22.8. The second-order valence-electron chi connectivity index (χ2n) is 7.96. The minimum absolute atomic E-state index is 0.0211. The van der Waals surface area contributed by atoms with Gasteiger partial charge in [-0.05, 0) is 26.8 Å². The Labute approximate surface area is 176 Å². The van der Waals surface area contributed by atoms with Gasteiger partial charge in [0.15, 0.2) is 12.7 Å². The number of anilines is 1. The number of hydrogen-bond acceptors (Lipinski definition) is 10. The SMILES string of the molecule is CC(C)(C)NCCC(=O)OCC(=O)OC[C@H]1O[C@@H](n2ccc(N)nc2=O)C(F)(F)[C@@H]1O. The molecule has 2 heterocycles. The maximum Gasteiger partial charge on any atom is 0.351 e. The molecule has 0 saturated carbocycles. The lowest BCUT2D eigenvalue weighted by Crippen LogP contribution is -2.42. The van der Waals surface area contributed by atoms with Crippen LogP contribution >= 0.6 is 0 Å². The lowest BCUT2D eigenvalue weighted by molar-refractivity contribution is -0.162. The summed E-state index contributed by atoms with van der Waals surface area (Å²) in [6.07, 6.45) is -5.17. The standard InChI is InChI=1S/C18H26F2N4O7/c1-17(2,3)22-6-4-12(25)30-9-13(26)29-8-10-14(27)18(19,20)15(31-10)24-7-5-11(21)23-16(24)28/h5,7,10,14-15,22,27H,4,6,8-9H2,1-3H3,(H2,21,23,28)/t10-,14-,15-/m1/s1. The van der Waals surface area contributed by atoms with Crippen molar-refractivity contribution in [3.8, 4) is 0 Å². The molecule has 3 atom stereocenters. The number of aliphatic hydroxyl groups excluding tert-OH is 1. The maximum atomic E-state index is 14.4. The van der Waals surface area contributed by atoms with E-state index in [0.29, 0.717) is 11.1 Å². The van der Waals surface area contributed by atoms with E-state index >= 15 is 0 Å². The van der Waals surface area contributed by atoms with E-state index in [1.807, 2.05) is 20.8 Å². The van der Waals surface area contributed by atoms with Crippen LogP contribution in [0, 0.1) is 0 Å². The number of rotatable bonds is 8. The predicted octanol–water partition coefficient (Wildman–Crippen LogP) is -0.416. The largest absolute Gasteiger partial charge is 0.460 e. The molecule has 174 valence electrons. The zero-order valence-electron chi connectivity index (χ0n) is 17.3. The number of carbonyl (C=O) groups is 2. The van der Waals surface area contributed by atoms with Crippen molar-refractivity contribution in [2.45, 2.75) is 57.1 Å². The Morgan fingerprint density at radius 2 is 2.03 bits per heavy atom. The Balaban J connectivity index is 1.84. The van der Waals surface area contributed by atoms with Crippen LogP contribution in [-0.2, 0) is 23.8 Å². The van der Waals surface area contributed by atoms with Crippen molar-refractivity contribution in [3.05, 3.63) is 22.7 Å². The maximum absolute atomic E-state index is 14.4. The minimum atomic E-state index is -3.87. The van der Waals surface area contributed by atoms with Crippen LogP contribution in [0.2, 0.25) is 0 Å². The summed E-state index contributed by atoms with van der Waals surface area (Å²) < 4.78 is 43.8. The molecule has 0 radical (unpaired) electrons. The van der Waals surface area contributed by atoms with Crippen molar-refractivity contribution < 1.29 is 37.7 Å². The monoisotopic (exact) mass is 448 g/mol. The van der Waals surface area contributed by atoms with Crippen LogP contribution in [-0.4, -0.2) is 70.0 Å². The first-order chi connectivity index (χ1) is 14.3. The second-order valence-corrected chi connectivity index (χ2v) is 7.96. The molecule has 1 aliphatic rings. The van der Waals surface area contributed by atoms with E-state index in [1.165, 1.54) is 0 Å². The average Bonchev–Trinajstić information content (AvgIpc) is 2.87. The highest BCUT2D eigenvalue weighted by molar-refractivity contribution is 5.76. The van der Waals surface area contributed by atoms with Gasteiger partial charge in [-0.1, -0.05) is 0 Å². The molecular formula is C18H26F2N4O7. The van der Waals surface area contributed by atoms with Crippen LogP contribution in [0.4, 0.5) is 14.6 Å². The first-order valence-electron chi connectivity index (χ1n) is 9.43. The fraction of sp³-hybridized carbons (Fsp3) is 0.667. The average molecular weight is 448 g/mol. The molecular weight excluding hydrogens is 422 g/mol. The molecule has 0 unspecified atom stereocenters. The lowest BCUT2D eigenvalue weighted by Gasteiger charge is -2.20. The van der Waals surface area contributed by atoms with Gasteiger partial charge in [0, 0.05) is 18.3 Å². The molecule has 1 fully saturated rings. The van der Waals surface area contributed by atoms with E-state index in [-0.39, 0.29) is 17.8 Å². The second kappa shape index (κ2) is 9.66. The van der Waals surface area contributed by atoms with Crippen molar-refractivity contribution in [1.82, 2.24) is 14.9 Å². The fourth-order valence-corrected chi connectivity index (χ4v) is 2.68. The number of aromatic nitrogens is 2. The first kappa shape index (κ1) is 24.6. The van der Waals surface area contributed by atoms with Crippen LogP contribution < -0.4 is 16.7 Å². The first-order valence-corrected chi connectivity index (χ1v) is 9.43. The number of esters is 2. The van der Waals surface area contributed by atoms with Crippen molar-refractivity contribution in [2.75, 3.05) is 25.5 Å². The molecule has 1 saturated heterocycles. The minimum Gasteiger partial charge on any atom is -0.460 e. The molecule has 13 heteroatoms. The highest BCUT2D eigenvalue weighted by Gasteiger charge is 2.60. The smallest absolute Gasteiger partial charge is 0.351 e. The Hall–Kier alpha value is -2.64. The number of hydrogen-bond donors (Lipinski definition) is 3. The Bertz CT molecular complexity index is 856. The molecule has 1 aromatic heterocycles. The summed E-state index contributed by atoms with van der Waals surface area (Å²) in [5, 5.41) is 12.9. The molecule has 1 aromatic rings. The van der Waals surface area contributed by atoms with Crippen LogP contribution in [0.15, 0.2) is 17.1 Å².